The lowest BCUT2D eigenvalue weighted by Gasteiger charge is -2.26. The number of carbonyl (C=O) groups is 1. The number of alkyl halides is 3. The molecule has 0 unspecified atom stereocenters. The molecule has 28 heavy (non-hydrogen) atoms. The van der Waals surface area contributed by atoms with Gasteiger partial charge in [-0.3, -0.25) is 4.90 Å². The number of nitrogens with one attached hydrogen (secondary N) is 1. The average Bonchev–Trinajstić information content (AvgIpc) is 2.66. The predicted molar refractivity (Wildman–Crippen MR) is 104 cm³/mol. The van der Waals surface area contributed by atoms with Gasteiger partial charge in [0.05, 0.1) is 11.3 Å². The van der Waals surface area contributed by atoms with Gasteiger partial charge in [0.2, 0.25) is 0 Å². The number of hydrogen-bond acceptors (Lipinski definition) is 2. The van der Waals surface area contributed by atoms with Gasteiger partial charge in [0.15, 0.2) is 0 Å². The first-order chi connectivity index (χ1) is 13.2. The molecule has 2 amide bonds. The normalized spacial score (nSPS) is 11.2. The van der Waals surface area contributed by atoms with Crippen LogP contribution in [0, 0.1) is 6.92 Å². The first-order valence-electron chi connectivity index (χ1n) is 9.13. The number of urea groups is 1. The van der Waals surface area contributed by atoms with Crippen LogP contribution < -0.4 is 15.0 Å². The summed E-state index contributed by atoms with van der Waals surface area (Å²) in [7, 11) is 1.44. The third kappa shape index (κ3) is 4.77. The second-order valence-electron chi connectivity index (χ2n) is 6.34. The molecule has 0 aliphatic heterocycles. The van der Waals surface area contributed by atoms with Gasteiger partial charge >= 0.3 is 12.2 Å². The Morgan fingerprint density at radius 3 is 2.43 bits per heavy atom. The highest BCUT2D eigenvalue weighted by molar-refractivity contribution is 5.92. The summed E-state index contributed by atoms with van der Waals surface area (Å²) < 4.78 is 46.6. The van der Waals surface area contributed by atoms with Gasteiger partial charge in [-0.25, -0.2) is 4.79 Å². The van der Waals surface area contributed by atoms with Crippen molar-refractivity contribution in [3.63, 3.8) is 0 Å². The molecule has 0 fully saturated rings. The van der Waals surface area contributed by atoms with Crippen LogP contribution in [-0.2, 0) is 19.2 Å². The van der Waals surface area contributed by atoms with Crippen molar-refractivity contribution in [2.45, 2.75) is 40.0 Å². The van der Waals surface area contributed by atoms with Gasteiger partial charge in [-0.15, -0.1) is 0 Å². The monoisotopic (exact) mass is 394 g/mol. The van der Waals surface area contributed by atoms with Crippen molar-refractivity contribution in [1.29, 1.82) is 0 Å². The number of anilines is 1. The van der Waals surface area contributed by atoms with Gasteiger partial charge in [0.1, 0.15) is 12.4 Å². The van der Waals surface area contributed by atoms with Crippen LogP contribution in [0.5, 0.6) is 5.75 Å². The Labute approximate surface area is 163 Å². The van der Waals surface area contributed by atoms with E-state index in [4.69, 9.17) is 4.74 Å². The van der Waals surface area contributed by atoms with Crippen LogP contribution in [-0.4, -0.2) is 19.6 Å². The Morgan fingerprint density at radius 1 is 1.18 bits per heavy atom. The fraction of sp³-hybridized carbons (Fsp3) is 0.381. The zero-order valence-electron chi connectivity index (χ0n) is 16.5. The number of aryl methyl sites for hydroxylation is 2. The maximum Gasteiger partial charge on any atom is 0.416 e. The largest absolute Gasteiger partial charge is 0.489 e. The average molecular weight is 394 g/mol. The fourth-order valence-corrected chi connectivity index (χ4v) is 3.05. The first-order valence-corrected chi connectivity index (χ1v) is 9.13. The lowest BCUT2D eigenvalue weighted by molar-refractivity contribution is -0.138. The molecule has 0 spiro atoms. The molecule has 0 aliphatic rings. The van der Waals surface area contributed by atoms with Gasteiger partial charge in [-0.05, 0) is 49.6 Å². The van der Waals surface area contributed by atoms with Gasteiger partial charge in [0, 0.05) is 19.2 Å². The molecule has 0 radical (unpaired) electrons. The Balaban J connectivity index is 2.46. The van der Waals surface area contributed by atoms with E-state index in [0.717, 1.165) is 23.6 Å². The molecule has 0 bridgehead atoms. The van der Waals surface area contributed by atoms with Gasteiger partial charge in [0.25, 0.3) is 0 Å². The molecule has 152 valence electrons. The summed E-state index contributed by atoms with van der Waals surface area (Å²) in [5.41, 5.74) is 1.27. The number of rotatable bonds is 6. The van der Waals surface area contributed by atoms with Crippen LogP contribution in [0.3, 0.4) is 0 Å². The summed E-state index contributed by atoms with van der Waals surface area (Å²) in [5, 5.41) is 2.46. The lowest BCUT2D eigenvalue weighted by atomic mass is 10.0. The zero-order valence-corrected chi connectivity index (χ0v) is 16.5. The Morgan fingerprint density at radius 2 is 1.89 bits per heavy atom. The highest BCUT2D eigenvalue weighted by atomic mass is 19.4. The summed E-state index contributed by atoms with van der Waals surface area (Å²) in [6.45, 7) is 5.50. The molecule has 2 aromatic carbocycles. The molecule has 0 atom stereocenters. The van der Waals surface area contributed by atoms with Crippen molar-refractivity contribution >= 4 is 11.7 Å². The van der Waals surface area contributed by atoms with Crippen molar-refractivity contribution in [3.05, 3.63) is 58.7 Å². The van der Waals surface area contributed by atoms with Crippen LogP contribution in [0.25, 0.3) is 0 Å². The summed E-state index contributed by atoms with van der Waals surface area (Å²) >= 11 is 0. The molecule has 0 aromatic heterocycles. The second-order valence-corrected chi connectivity index (χ2v) is 6.34. The van der Waals surface area contributed by atoms with Crippen LogP contribution >= 0.6 is 0 Å². The highest BCUT2D eigenvalue weighted by Crippen LogP contribution is 2.37. The van der Waals surface area contributed by atoms with Crippen LogP contribution in [0.4, 0.5) is 23.7 Å². The van der Waals surface area contributed by atoms with Gasteiger partial charge < -0.3 is 10.1 Å². The van der Waals surface area contributed by atoms with Crippen LogP contribution in [0.2, 0.25) is 0 Å². The topological polar surface area (TPSA) is 41.6 Å². The van der Waals surface area contributed by atoms with Crippen molar-refractivity contribution in [2.24, 2.45) is 0 Å². The van der Waals surface area contributed by atoms with Crippen molar-refractivity contribution in [1.82, 2.24) is 5.32 Å². The molecule has 2 rings (SSSR count). The van der Waals surface area contributed by atoms with Crippen LogP contribution in [0.1, 0.15) is 36.1 Å². The molecule has 2 aromatic rings. The molecule has 0 aliphatic carbocycles. The number of halogens is 3. The zero-order chi connectivity index (χ0) is 20.9. The van der Waals surface area contributed by atoms with Crippen molar-refractivity contribution < 1.29 is 22.7 Å². The van der Waals surface area contributed by atoms with E-state index in [2.05, 4.69) is 5.32 Å². The maximum atomic E-state index is 13.6. The standard InChI is InChI=1S/C21H25F3N2O2/c1-5-15-10-11-19(14(3)12-15)28-13-16-17(21(22,23)24)8-7-9-18(16)26(6-2)20(27)25-4/h7-12H,5-6,13H2,1-4H3,(H,25,27). The Kier molecular flexibility index (Phi) is 6.94. The maximum absolute atomic E-state index is 13.6. The number of amides is 2. The minimum atomic E-state index is -4.56. The Hall–Kier alpha value is -2.70. The summed E-state index contributed by atoms with van der Waals surface area (Å²) in [6.07, 6.45) is -3.70. The Bertz CT molecular complexity index is 835. The SMILES string of the molecule is CCc1ccc(OCc2c(N(CC)C(=O)NC)cccc2C(F)(F)F)c(C)c1. The summed E-state index contributed by atoms with van der Waals surface area (Å²) in [6, 6.07) is 8.93. The quantitative estimate of drug-likeness (QED) is 0.720. The predicted octanol–water partition coefficient (Wildman–Crippen LogP) is 5.32. The number of carbonyl (C=O) groups excluding carboxylic acids is 1. The molecule has 4 nitrogen and oxygen atoms in total. The van der Waals surface area contributed by atoms with E-state index in [0.29, 0.717) is 5.75 Å². The molecule has 7 heteroatoms. The van der Waals surface area contributed by atoms with Crippen LogP contribution in [0.15, 0.2) is 36.4 Å². The number of ether oxygens (including phenoxy) is 1. The van der Waals surface area contributed by atoms with E-state index in [1.165, 1.54) is 24.1 Å². The third-order valence-electron chi connectivity index (χ3n) is 4.54. The number of hydrogen-bond donors (Lipinski definition) is 1. The lowest BCUT2D eigenvalue weighted by Crippen LogP contribution is -2.39. The fourth-order valence-electron chi connectivity index (χ4n) is 3.05. The van der Waals surface area contributed by atoms with Gasteiger partial charge in [-0.1, -0.05) is 25.1 Å². The minimum Gasteiger partial charge on any atom is -0.489 e. The minimum absolute atomic E-state index is 0.0700. The molecular weight excluding hydrogens is 369 g/mol. The smallest absolute Gasteiger partial charge is 0.416 e. The van der Waals surface area contributed by atoms with E-state index in [-0.39, 0.29) is 24.4 Å². The van der Waals surface area contributed by atoms with Crippen molar-refractivity contribution in [2.75, 3.05) is 18.5 Å². The van der Waals surface area contributed by atoms with E-state index in [9.17, 15) is 18.0 Å². The van der Waals surface area contributed by atoms with E-state index < -0.39 is 17.8 Å². The number of nitrogens with zero attached hydrogens (tertiary/aromatic N) is 1. The molecule has 0 saturated carbocycles. The number of benzene rings is 2. The molecule has 0 heterocycles. The van der Waals surface area contributed by atoms with Gasteiger partial charge in [-0.2, -0.15) is 13.2 Å². The third-order valence-corrected chi connectivity index (χ3v) is 4.54. The molecule has 1 N–H and O–H groups in total. The summed E-state index contributed by atoms with van der Waals surface area (Å²) in [4.78, 5) is 13.4. The van der Waals surface area contributed by atoms with E-state index >= 15 is 0 Å². The molecular formula is C21H25F3N2O2. The second kappa shape index (κ2) is 8.99. The van der Waals surface area contributed by atoms with E-state index in [1.807, 2.05) is 26.0 Å². The highest BCUT2D eigenvalue weighted by Gasteiger charge is 2.35. The first kappa shape index (κ1) is 21.6. The summed E-state index contributed by atoms with van der Waals surface area (Å²) in [5.74, 6) is 0.517. The molecule has 0 saturated heterocycles. The van der Waals surface area contributed by atoms with Crippen molar-refractivity contribution in [3.8, 4) is 5.75 Å². The van der Waals surface area contributed by atoms with E-state index in [1.54, 1.807) is 13.0 Å².